The second-order valence-corrected chi connectivity index (χ2v) is 6.09. The Hall–Kier alpha value is -3.15. The lowest BCUT2D eigenvalue weighted by Crippen LogP contribution is -2.28. The Bertz CT molecular complexity index is 855. The summed E-state index contributed by atoms with van der Waals surface area (Å²) in [5.41, 5.74) is 9.28. The summed E-state index contributed by atoms with van der Waals surface area (Å²) < 4.78 is 1.47. The van der Waals surface area contributed by atoms with Gasteiger partial charge in [-0.2, -0.15) is 4.68 Å². The number of nitrogens with one attached hydrogen (secondary N) is 1. The van der Waals surface area contributed by atoms with Crippen molar-refractivity contribution in [3.05, 3.63) is 71.4 Å². The second kappa shape index (κ2) is 7.17. The summed E-state index contributed by atoms with van der Waals surface area (Å²) in [7, 11) is 0. The van der Waals surface area contributed by atoms with Gasteiger partial charge < -0.3 is 11.1 Å². The molecular formula is C19H21N5O. The van der Waals surface area contributed by atoms with Gasteiger partial charge in [-0.25, -0.2) is 0 Å². The molecule has 6 heteroatoms. The largest absolute Gasteiger partial charge is 0.382 e. The van der Waals surface area contributed by atoms with Crippen molar-refractivity contribution in [2.24, 2.45) is 0 Å². The summed E-state index contributed by atoms with van der Waals surface area (Å²) in [5.74, 6) is 0.103. The minimum atomic E-state index is -0.321. The van der Waals surface area contributed by atoms with Crippen LogP contribution in [0.4, 0.5) is 5.82 Å². The van der Waals surface area contributed by atoms with Crippen molar-refractivity contribution in [1.82, 2.24) is 20.3 Å². The number of rotatable bonds is 5. The van der Waals surface area contributed by atoms with E-state index in [4.69, 9.17) is 5.73 Å². The number of hydrogen-bond donors (Lipinski definition) is 2. The molecule has 6 nitrogen and oxygen atoms in total. The number of anilines is 1. The highest BCUT2D eigenvalue weighted by Gasteiger charge is 2.19. The van der Waals surface area contributed by atoms with E-state index < -0.39 is 0 Å². The van der Waals surface area contributed by atoms with Crippen molar-refractivity contribution >= 4 is 11.7 Å². The standard InChI is InChI=1S/C19H21N5O/c1-13-8-10-16(11-9-13)24-18(20)17(22-23-24)19(25)21-12-14(2)15-6-4-3-5-7-15/h3-11,14H,12,20H2,1-2H3,(H,21,25)/t14-/m0/s1. The van der Waals surface area contributed by atoms with E-state index in [-0.39, 0.29) is 23.3 Å². The van der Waals surface area contributed by atoms with E-state index in [1.165, 1.54) is 10.2 Å². The lowest BCUT2D eigenvalue weighted by atomic mass is 10.0. The van der Waals surface area contributed by atoms with E-state index in [1.54, 1.807) is 0 Å². The molecule has 0 aliphatic rings. The number of hydrogen-bond acceptors (Lipinski definition) is 4. The fourth-order valence-electron chi connectivity index (χ4n) is 2.56. The number of benzene rings is 2. The van der Waals surface area contributed by atoms with E-state index in [0.29, 0.717) is 6.54 Å². The molecule has 0 fully saturated rings. The molecule has 0 radical (unpaired) electrons. The normalized spacial score (nSPS) is 11.9. The number of nitrogen functional groups attached to an aromatic ring is 1. The van der Waals surface area contributed by atoms with Gasteiger partial charge in [-0.05, 0) is 30.5 Å². The smallest absolute Gasteiger partial charge is 0.275 e. The minimum Gasteiger partial charge on any atom is -0.382 e. The fraction of sp³-hybridized carbons (Fsp3) is 0.211. The SMILES string of the molecule is Cc1ccc(-n2nnc(C(=O)NC[C@H](C)c3ccccc3)c2N)cc1. The third kappa shape index (κ3) is 3.68. The molecule has 0 aliphatic heterocycles. The second-order valence-electron chi connectivity index (χ2n) is 6.09. The summed E-state index contributed by atoms with van der Waals surface area (Å²) >= 11 is 0. The summed E-state index contributed by atoms with van der Waals surface area (Å²) in [6.07, 6.45) is 0. The summed E-state index contributed by atoms with van der Waals surface area (Å²) in [6, 6.07) is 17.7. The Morgan fingerprint density at radius 3 is 2.52 bits per heavy atom. The average molecular weight is 335 g/mol. The van der Waals surface area contributed by atoms with Crippen molar-refractivity contribution in [1.29, 1.82) is 0 Å². The quantitative estimate of drug-likeness (QED) is 0.750. The van der Waals surface area contributed by atoms with E-state index in [9.17, 15) is 4.79 Å². The molecule has 0 saturated carbocycles. The highest BCUT2D eigenvalue weighted by molar-refractivity contribution is 5.96. The van der Waals surface area contributed by atoms with Crippen molar-refractivity contribution in [2.75, 3.05) is 12.3 Å². The highest BCUT2D eigenvalue weighted by Crippen LogP contribution is 2.17. The monoisotopic (exact) mass is 335 g/mol. The molecule has 2 aromatic carbocycles. The lowest BCUT2D eigenvalue weighted by molar-refractivity contribution is 0.0947. The molecular weight excluding hydrogens is 314 g/mol. The first-order chi connectivity index (χ1) is 12.1. The third-order valence-corrected chi connectivity index (χ3v) is 4.14. The Morgan fingerprint density at radius 2 is 1.84 bits per heavy atom. The maximum Gasteiger partial charge on any atom is 0.275 e. The predicted molar refractivity (Wildman–Crippen MR) is 97.7 cm³/mol. The molecule has 0 saturated heterocycles. The Morgan fingerprint density at radius 1 is 1.16 bits per heavy atom. The summed E-state index contributed by atoms with van der Waals surface area (Å²) in [5, 5.41) is 10.8. The summed E-state index contributed by atoms with van der Waals surface area (Å²) in [4.78, 5) is 12.4. The van der Waals surface area contributed by atoms with Gasteiger partial charge in [0.15, 0.2) is 11.5 Å². The number of amides is 1. The van der Waals surface area contributed by atoms with Gasteiger partial charge in [0.25, 0.3) is 5.91 Å². The van der Waals surface area contributed by atoms with Crippen LogP contribution >= 0.6 is 0 Å². The van der Waals surface area contributed by atoms with Crippen LogP contribution in [-0.2, 0) is 0 Å². The maximum absolute atomic E-state index is 12.4. The Kier molecular flexibility index (Phi) is 4.79. The molecule has 3 rings (SSSR count). The number of carbonyl (C=O) groups is 1. The topological polar surface area (TPSA) is 85.8 Å². The maximum atomic E-state index is 12.4. The molecule has 0 bridgehead atoms. The van der Waals surface area contributed by atoms with Gasteiger partial charge in [-0.3, -0.25) is 4.79 Å². The van der Waals surface area contributed by atoms with Gasteiger partial charge in [0.05, 0.1) is 5.69 Å². The molecule has 0 spiro atoms. The van der Waals surface area contributed by atoms with Crippen LogP contribution in [0, 0.1) is 6.92 Å². The molecule has 1 heterocycles. The van der Waals surface area contributed by atoms with Crippen molar-refractivity contribution in [3.8, 4) is 5.69 Å². The molecule has 0 aliphatic carbocycles. The van der Waals surface area contributed by atoms with Crippen LogP contribution in [0.5, 0.6) is 0 Å². The Labute approximate surface area is 146 Å². The van der Waals surface area contributed by atoms with Crippen molar-refractivity contribution in [3.63, 3.8) is 0 Å². The zero-order valence-electron chi connectivity index (χ0n) is 14.3. The number of nitrogens with zero attached hydrogens (tertiary/aromatic N) is 3. The van der Waals surface area contributed by atoms with Crippen LogP contribution in [0.25, 0.3) is 5.69 Å². The van der Waals surface area contributed by atoms with E-state index in [2.05, 4.69) is 22.6 Å². The summed E-state index contributed by atoms with van der Waals surface area (Å²) in [6.45, 7) is 4.56. The van der Waals surface area contributed by atoms with Crippen molar-refractivity contribution in [2.45, 2.75) is 19.8 Å². The molecule has 1 aromatic heterocycles. The van der Waals surface area contributed by atoms with E-state index >= 15 is 0 Å². The molecule has 1 amide bonds. The van der Waals surface area contributed by atoms with E-state index in [1.807, 2.05) is 61.5 Å². The van der Waals surface area contributed by atoms with Gasteiger partial charge >= 0.3 is 0 Å². The van der Waals surface area contributed by atoms with E-state index in [0.717, 1.165) is 11.3 Å². The molecule has 0 unspecified atom stereocenters. The molecule has 128 valence electrons. The van der Waals surface area contributed by atoms with Crippen LogP contribution in [0.2, 0.25) is 0 Å². The fourth-order valence-corrected chi connectivity index (χ4v) is 2.56. The van der Waals surface area contributed by atoms with Gasteiger partial charge in [-0.15, -0.1) is 5.10 Å². The first-order valence-electron chi connectivity index (χ1n) is 8.17. The van der Waals surface area contributed by atoms with Crippen LogP contribution in [0.1, 0.15) is 34.5 Å². The highest BCUT2D eigenvalue weighted by atomic mass is 16.2. The first-order valence-corrected chi connectivity index (χ1v) is 8.17. The number of aromatic nitrogens is 3. The molecule has 25 heavy (non-hydrogen) atoms. The van der Waals surface area contributed by atoms with Gasteiger partial charge in [0.2, 0.25) is 0 Å². The first kappa shape index (κ1) is 16.7. The number of aryl methyl sites for hydroxylation is 1. The van der Waals surface area contributed by atoms with Crippen LogP contribution in [-0.4, -0.2) is 27.4 Å². The third-order valence-electron chi connectivity index (χ3n) is 4.14. The minimum absolute atomic E-state index is 0.140. The molecule has 1 atom stereocenters. The molecule has 3 aromatic rings. The molecule has 3 N–H and O–H groups in total. The Balaban J connectivity index is 1.70. The lowest BCUT2D eigenvalue weighted by Gasteiger charge is -2.12. The van der Waals surface area contributed by atoms with Crippen LogP contribution < -0.4 is 11.1 Å². The average Bonchev–Trinajstić information content (AvgIpc) is 3.02. The predicted octanol–water partition coefficient (Wildman–Crippen LogP) is 2.69. The number of carbonyl (C=O) groups excluding carboxylic acids is 1. The van der Waals surface area contributed by atoms with Crippen LogP contribution in [0.15, 0.2) is 54.6 Å². The number of nitrogens with two attached hydrogens (primary N) is 1. The van der Waals surface area contributed by atoms with Gasteiger partial charge in [0.1, 0.15) is 0 Å². The zero-order valence-corrected chi connectivity index (χ0v) is 14.3. The van der Waals surface area contributed by atoms with Crippen LogP contribution in [0.3, 0.4) is 0 Å². The van der Waals surface area contributed by atoms with Crippen molar-refractivity contribution < 1.29 is 4.79 Å². The van der Waals surface area contributed by atoms with Gasteiger partial charge in [0, 0.05) is 6.54 Å². The zero-order chi connectivity index (χ0) is 17.8. The van der Waals surface area contributed by atoms with Gasteiger partial charge in [-0.1, -0.05) is 60.2 Å².